The van der Waals surface area contributed by atoms with Crippen LogP contribution in [0.4, 0.5) is 0 Å². The summed E-state index contributed by atoms with van der Waals surface area (Å²) >= 11 is 1.13. The van der Waals surface area contributed by atoms with Crippen molar-refractivity contribution >= 4 is 22.4 Å². The van der Waals surface area contributed by atoms with Crippen LogP contribution in [0.3, 0.4) is 0 Å². The fourth-order valence-electron chi connectivity index (χ4n) is 4.45. The van der Waals surface area contributed by atoms with Gasteiger partial charge >= 0.3 is 0 Å². The fraction of sp³-hybridized carbons (Fsp3) is 0.156. The van der Waals surface area contributed by atoms with Crippen LogP contribution < -0.4 is 20.4 Å². The van der Waals surface area contributed by atoms with Gasteiger partial charge in [-0.15, -0.1) is 0 Å². The van der Waals surface area contributed by atoms with E-state index in [0.717, 1.165) is 51.4 Å². The highest BCUT2D eigenvalue weighted by atomic mass is 32.1. The van der Waals surface area contributed by atoms with Crippen LogP contribution in [0.15, 0.2) is 94.6 Å². The summed E-state index contributed by atoms with van der Waals surface area (Å²) in [4.78, 5) is 30.7. The number of hydrogen-bond donors (Lipinski definition) is 0. The van der Waals surface area contributed by atoms with Gasteiger partial charge in [0.15, 0.2) is 0 Å². The summed E-state index contributed by atoms with van der Waals surface area (Å²) in [6.07, 6.45) is 4.91. The van der Waals surface area contributed by atoms with Crippen LogP contribution in [0, 0.1) is 6.92 Å². The van der Waals surface area contributed by atoms with Crippen LogP contribution >= 0.6 is 11.3 Å². The minimum absolute atomic E-state index is 0.232. The van der Waals surface area contributed by atoms with E-state index in [1.54, 1.807) is 10.8 Å². The molecule has 3 heterocycles. The zero-order chi connectivity index (χ0) is 28.3. The van der Waals surface area contributed by atoms with Crippen LogP contribution in [-0.2, 0) is 6.42 Å². The van der Waals surface area contributed by atoms with Gasteiger partial charge in [-0.1, -0.05) is 66.3 Å². The second-order valence-corrected chi connectivity index (χ2v) is 10.7. The van der Waals surface area contributed by atoms with Gasteiger partial charge in [-0.2, -0.15) is 19.7 Å². The summed E-state index contributed by atoms with van der Waals surface area (Å²) in [5.41, 5.74) is 4.77. The number of rotatable bonds is 8. The van der Waals surface area contributed by atoms with E-state index >= 15 is 0 Å². The van der Waals surface area contributed by atoms with Crippen molar-refractivity contribution in [1.29, 1.82) is 0 Å². The van der Waals surface area contributed by atoms with E-state index in [9.17, 15) is 9.59 Å². The van der Waals surface area contributed by atoms with E-state index in [1.807, 2.05) is 92.0 Å². The van der Waals surface area contributed by atoms with Crippen molar-refractivity contribution < 1.29 is 4.74 Å². The van der Waals surface area contributed by atoms with Gasteiger partial charge in [0.05, 0.1) is 16.8 Å². The van der Waals surface area contributed by atoms with Crippen LogP contribution in [0.2, 0.25) is 0 Å². The van der Waals surface area contributed by atoms with Gasteiger partial charge in [-0.25, -0.2) is 4.68 Å². The van der Waals surface area contributed by atoms with Gasteiger partial charge in [0.2, 0.25) is 4.96 Å². The number of thiazole rings is 1. The number of benzene rings is 3. The molecule has 0 aliphatic carbocycles. The second kappa shape index (κ2) is 11.3. The van der Waals surface area contributed by atoms with Crippen molar-refractivity contribution in [2.45, 2.75) is 26.7 Å². The molecule has 0 aliphatic heterocycles. The van der Waals surface area contributed by atoms with Gasteiger partial charge in [0, 0.05) is 23.7 Å². The zero-order valence-corrected chi connectivity index (χ0v) is 23.5. The molecule has 0 N–H and O–H groups in total. The number of fused-ring (bicyclic) bond motifs is 1. The Hall–Kier alpha value is -4.89. The summed E-state index contributed by atoms with van der Waals surface area (Å²) in [6.45, 7) is 4.72. The molecule has 0 bridgehead atoms. The minimum Gasteiger partial charge on any atom is -0.494 e. The lowest BCUT2D eigenvalue weighted by atomic mass is 10.1. The molecule has 0 saturated carbocycles. The highest BCUT2D eigenvalue weighted by Gasteiger charge is 2.15. The third-order valence-electron chi connectivity index (χ3n) is 6.59. The first-order valence-electron chi connectivity index (χ1n) is 13.4. The van der Waals surface area contributed by atoms with Crippen molar-refractivity contribution in [2.24, 2.45) is 0 Å². The molecule has 9 heteroatoms. The number of aryl methyl sites for hydroxylation is 1. The van der Waals surface area contributed by atoms with E-state index in [1.165, 1.54) is 4.52 Å². The van der Waals surface area contributed by atoms with Crippen molar-refractivity contribution in [1.82, 2.24) is 24.4 Å². The number of nitrogens with zero attached hydrogens (tertiary/aromatic N) is 5. The van der Waals surface area contributed by atoms with Gasteiger partial charge in [-0.05, 0) is 61.4 Å². The Morgan fingerprint density at radius 1 is 0.927 bits per heavy atom. The first kappa shape index (κ1) is 26.3. The van der Waals surface area contributed by atoms with E-state index in [-0.39, 0.29) is 16.2 Å². The number of aromatic nitrogens is 5. The topological polar surface area (TPSA) is 91.4 Å². The summed E-state index contributed by atoms with van der Waals surface area (Å²) in [6, 6.07) is 25.4. The molecule has 0 radical (unpaired) electrons. The smallest absolute Gasteiger partial charge is 0.296 e. The maximum Gasteiger partial charge on any atom is 0.296 e. The van der Waals surface area contributed by atoms with Crippen LogP contribution in [0.25, 0.3) is 28.0 Å². The Morgan fingerprint density at radius 2 is 1.68 bits per heavy atom. The molecule has 6 aromatic rings. The summed E-state index contributed by atoms with van der Waals surface area (Å²) < 4.78 is 9.17. The highest BCUT2D eigenvalue weighted by Crippen LogP contribution is 2.26. The van der Waals surface area contributed by atoms with E-state index in [0.29, 0.717) is 23.3 Å². The minimum atomic E-state index is -0.429. The van der Waals surface area contributed by atoms with Crippen LogP contribution in [0.1, 0.15) is 35.7 Å². The molecule has 0 spiro atoms. The number of hydrogen-bond acceptors (Lipinski definition) is 7. The average molecular weight is 562 g/mol. The normalized spacial score (nSPS) is 11.8. The van der Waals surface area contributed by atoms with Gasteiger partial charge in [0.1, 0.15) is 17.1 Å². The maximum absolute atomic E-state index is 13.5. The van der Waals surface area contributed by atoms with Gasteiger partial charge in [-0.3, -0.25) is 9.59 Å². The fourth-order valence-corrected chi connectivity index (χ4v) is 5.35. The molecule has 0 unspecified atom stereocenters. The Bertz CT molecular complexity index is 1990. The van der Waals surface area contributed by atoms with Gasteiger partial charge < -0.3 is 4.74 Å². The lowest BCUT2D eigenvalue weighted by Gasteiger charge is -2.05. The van der Waals surface area contributed by atoms with Crippen molar-refractivity contribution in [2.75, 3.05) is 6.61 Å². The van der Waals surface area contributed by atoms with Crippen LogP contribution in [-0.4, -0.2) is 31.0 Å². The molecule has 0 fully saturated rings. The quantitative estimate of drug-likeness (QED) is 0.270. The molecule has 6 rings (SSSR count). The Morgan fingerprint density at radius 3 is 2.41 bits per heavy atom. The molecule has 3 aromatic heterocycles. The third kappa shape index (κ3) is 5.57. The average Bonchev–Trinajstić information content (AvgIpc) is 3.55. The van der Waals surface area contributed by atoms with Gasteiger partial charge in [0.25, 0.3) is 11.1 Å². The van der Waals surface area contributed by atoms with E-state index < -0.39 is 5.56 Å². The van der Waals surface area contributed by atoms with Crippen molar-refractivity contribution in [3.8, 4) is 22.7 Å². The van der Waals surface area contributed by atoms with Crippen LogP contribution in [0.5, 0.6) is 5.75 Å². The van der Waals surface area contributed by atoms with E-state index in [4.69, 9.17) is 9.84 Å². The molecule has 0 aliphatic rings. The predicted molar refractivity (Wildman–Crippen MR) is 161 cm³/mol. The zero-order valence-electron chi connectivity index (χ0n) is 22.7. The predicted octanol–water partition coefficient (Wildman–Crippen LogP) is 4.60. The summed E-state index contributed by atoms with van der Waals surface area (Å²) in [7, 11) is 0. The number of para-hydroxylation sites is 1. The SMILES string of the molecule is CCCOc1ccc(-c2nn(-c3ccccc3)cc2C=c2sc3nc(=O)c(Cc4ccc(C)cc4)nn3c2=O)cc1. The molecule has 204 valence electrons. The first-order valence-corrected chi connectivity index (χ1v) is 14.2. The second-order valence-electron chi connectivity index (χ2n) is 9.72. The Labute approximate surface area is 239 Å². The van der Waals surface area contributed by atoms with E-state index in [2.05, 4.69) is 17.0 Å². The molecule has 0 saturated heterocycles. The third-order valence-corrected chi connectivity index (χ3v) is 7.55. The lowest BCUT2D eigenvalue weighted by Crippen LogP contribution is -2.28. The lowest BCUT2D eigenvalue weighted by molar-refractivity contribution is 0.317. The van der Waals surface area contributed by atoms with Crippen molar-refractivity contribution in [3.05, 3.63) is 133 Å². The standard InChI is InChI=1S/C32H27N5O3S/c1-3-17-40-26-15-13-23(14-16-26)29-24(20-36(35-29)25-7-5-4-6-8-25)19-28-31(39)37-32(41-28)33-30(38)27(34-37)18-22-11-9-21(2)10-12-22/h4-16,19-20H,3,17-18H2,1-2H3. The molecular weight excluding hydrogens is 534 g/mol. The largest absolute Gasteiger partial charge is 0.494 e. The molecular formula is C32H27N5O3S. The monoisotopic (exact) mass is 561 g/mol. The Kier molecular flexibility index (Phi) is 7.26. The number of ether oxygens (including phenoxy) is 1. The molecule has 0 atom stereocenters. The molecule has 41 heavy (non-hydrogen) atoms. The highest BCUT2D eigenvalue weighted by molar-refractivity contribution is 7.15. The Balaban J connectivity index is 1.44. The maximum atomic E-state index is 13.5. The molecule has 0 amide bonds. The summed E-state index contributed by atoms with van der Waals surface area (Å²) in [5, 5.41) is 9.27. The van der Waals surface area contributed by atoms with Crippen molar-refractivity contribution in [3.63, 3.8) is 0 Å². The molecule has 8 nitrogen and oxygen atoms in total. The molecule has 3 aromatic carbocycles. The summed E-state index contributed by atoms with van der Waals surface area (Å²) in [5.74, 6) is 0.790. The first-order chi connectivity index (χ1) is 20.0.